The average Bonchev–Trinajstić information content (AvgIpc) is 3.63. The lowest BCUT2D eigenvalue weighted by molar-refractivity contribution is -0.118. The third-order valence-electron chi connectivity index (χ3n) is 8.98. The van der Waals surface area contributed by atoms with Crippen LogP contribution in [0.2, 0.25) is 0 Å². The van der Waals surface area contributed by atoms with E-state index in [0.29, 0.717) is 12.2 Å². The number of carbonyl (C=O) groups excluding carboxylic acids is 1. The number of nitrogens with zero attached hydrogens (tertiary/aromatic N) is 3. The second kappa shape index (κ2) is 13.1. The highest BCUT2D eigenvalue weighted by Crippen LogP contribution is 2.44. The summed E-state index contributed by atoms with van der Waals surface area (Å²) in [6.07, 6.45) is -0.579. The summed E-state index contributed by atoms with van der Waals surface area (Å²) in [7, 11) is 1.62. The van der Waals surface area contributed by atoms with E-state index in [4.69, 9.17) is 9.47 Å². The van der Waals surface area contributed by atoms with Gasteiger partial charge < -0.3 is 24.3 Å². The number of benzene rings is 3. The van der Waals surface area contributed by atoms with E-state index in [1.807, 2.05) is 85.8 Å². The molecule has 47 heavy (non-hydrogen) atoms. The van der Waals surface area contributed by atoms with Gasteiger partial charge in [-0.1, -0.05) is 86.1 Å². The van der Waals surface area contributed by atoms with E-state index in [-0.39, 0.29) is 35.5 Å². The average molecular weight is 638 g/mol. The second-order valence-corrected chi connectivity index (χ2v) is 12.4. The van der Waals surface area contributed by atoms with Gasteiger partial charge in [0.15, 0.2) is 11.2 Å². The lowest BCUT2D eigenvalue weighted by atomic mass is 9.79. The summed E-state index contributed by atoms with van der Waals surface area (Å²) in [5, 5.41) is 25.3. The highest BCUT2D eigenvalue weighted by molar-refractivity contribution is 5.91. The molecule has 11 heteroatoms. The fourth-order valence-electron chi connectivity index (χ4n) is 6.30. The number of imidazole rings is 1. The summed E-state index contributed by atoms with van der Waals surface area (Å²) in [6, 6.07) is 25.2. The Balaban J connectivity index is 1.36. The van der Waals surface area contributed by atoms with Crippen molar-refractivity contribution in [2.45, 2.75) is 51.0 Å². The molecule has 0 spiro atoms. The Kier molecular flexibility index (Phi) is 8.96. The zero-order chi connectivity index (χ0) is 33.3. The van der Waals surface area contributed by atoms with Gasteiger partial charge in [-0.2, -0.15) is 4.98 Å². The molecule has 1 fully saturated rings. The van der Waals surface area contributed by atoms with E-state index in [1.54, 1.807) is 25.5 Å². The molecule has 11 nitrogen and oxygen atoms in total. The summed E-state index contributed by atoms with van der Waals surface area (Å²) >= 11 is 0. The summed E-state index contributed by atoms with van der Waals surface area (Å²) < 4.78 is 14.0. The van der Waals surface area contributed by atoms with Gasteiger partial charge in [-0.05, 0) is 42.2 Å². The Morgan fingerprint density at radius 1 is 1.00 bits per heavy atom. The van der Waals surface area contributed by atoms with Crippen LogP contribution in [0.1, 0.15) is 48.6 Å². The molecule has 6 rings (SSSR count). The van der Waals surface area contributed by atoms with Crippen LogP contribution in [-0.4, -0.2) is 61.6 Å². The van der Waals surface area contributed by atoms with Crippen LogP contribution in [0.4, 0.5) is 5.95 Å². The number of aliphatic hydroxyl groups is 2. The van der Waals surface area contributed by atoms with Crippen molar-refractivity contribution in [3.63, 3.8) is 0 Å². The molecule has 3 aromatic carbocycles. The molecule has 5 aromatic rings. The lowest BCUT2D eigenvalue weighted by Gasteiger charge is -2.37. The maximum atomic E-state index is 12.8. The molecule has 2 aromatic heterocycles. The predicted molar refractivity (Wildman–Crippen MR) is 177 cm³/mol. The summed E-state index contributed by atoms with van der Waals surface area (Å²) in [5.41, 5.74) is 2.48. The van der Waals surface area contributed by atoms with Crippen molar-refractivity contribution in [3.05, 3.63) is 118 Å². The van der Waals surface area contributed by atoms with Crippen LogP contribution in [0.25, 0.3) is 11.2 Å². The number of rotatable bonds is 10. The molecule has 0 aliphatic heterocycles. The first-order chi connectivity index (χ1) is 22.6. The maximum absolute atomic E-state index is 12.8. The number of ether oxygens (including phenoxy) is 2. The third kappa shape index (κ3) is 6.05. The van der Waals surface area contributed by atoms with Gasteiger partial charge in [0.1, 0.15) is 17.5 Å². The number of aliphatic hydroxyl groups excluding tert-OH is 2. The van der Waals surface area contributed by atoms with Crippen LogP contribution in [0, 0.1) is 18.8 Å². The molecular formula is C36H39N5O6. The Labute approximate surface area is 272 Å². The highest BCUT2D eigenvalue weighted by atomic mass is 16.5. The van der Waals surface area contributed by atoms with Gasteiger partial charge in [0.2, 0.25) is 11.9 Å². The van der Waals surface area contributed by atoms with Gasteiger partial charge in [0.05, 0.1) is 32.2 Å². The number of anilines is 1. The topological polar surface area (TPSA) is 152 Å². The molecule has 4 N–H and O–H groups in total. The SMILES string of the molecule is COc1ccc(C(OC[C@H]2C[C@@H](n3cnc4c(=O)[nH]c(NC(=O)C(C)C)nc43)[C@H](O)[C@@H]2O)(c2ccccc2)c2ccc(C)cc2)cc1. The molecule has 0 saturated heterocycles. The van der Waals surface area contributed by atoms with E-state index in [0.717, 1.165) is 22.3 Å². The Bertz CT molecular complexity index is 1910. The minimum Gasteiger partial charge on any atom is -0.497 e. The molecule has 0 radical (unpaired) electrons. The number of aromatic amines is 1. The molecule has 0 bridgehead atoms. The predicted octanol–water partition coefficient (Wildman–Crippen LogP) is 4.32. The van der Waals surface area contributed by atoms with Gasteiger partial charge in [-0.25, -0.2) is 4.98 Å². The number of hydrogen-bond donors (Lipinski definition) is 4. The summed E-state index contributed by atoms with van der Waals surface area (Å²) in [4.78, 5) is 36.3. The minimum atomic E-state index is -1.19. The number of amides is 1. The number of carbonyl (C=O) groups is 1. The number of aryl methyl sites for hydroxylation is 1. The first-order valence-corrected chi connectivity index (χ1v) is 15.7. The zero-order valence-electron chi connectivity index (χ0n) is 26.8. The molecule has 244 valence electrons. The van der Waals surface area contributed by atoms with Gasteiger partial charge in [-0.3, -0.25) is 19.9 Å². The monoisotopic (exact) mass is 637 g/mol. The van der Waals surface area contributed by atoms with E-state index >= 15 is 0 Å². The molecule has 1 amide bonds. The van der Waals surface area contributed by atoms with Gasteiger partial charge in [-0.15, -0.1) is 0 Å². The summed E-state index contributed by atoms with van der Waals surface area (Å²) in [5.74, 6) is -0.417. The van der Waals surface area contributed by atoms with Crippen molar-refractivity contribution in [1.82, 2.24) is 19.5 Å². The van der Waals surface area contributed by atoms with Crippen molar-refractivity contribution < 1.29 is 24.5 Å². The Hall–Kier alpha value is -4.84. The smallest absolute Gasteiger partial charge is 0.280 e. The van der Waals surface area contributed by atoms with Crippen LogP contribution in [0.15, 0.2) is 90.0 Å². The number of hydrogen-bond acceptors (Lipinski definition) is 8. The van der Waals surface area contributed by atoms with Crippen molar-refractivity contribution >= 4 is 23.0 Å². The van der Waals surface area contributed by atoms with E-state index in [9.17, 15) is 19.8 Å². The minimum absolute atomic E-state index is 0.0129. The van der Waals surface area contributed by atoms with Crippen LogP contribution >= 0.6 is 0 Å². The number of aromatic nitrogens is 4. The molecular weight excluding hydrogens is 598 g/mol. The van der Waals surface area contributed by atoms with E-state index < -0.39 is 35.3 Å². The van der Waals surface area contributed by atoms with E-state index in [1.165, 1.54) is 6.33 Å². The van der Waals surface area contributed by atoms with Gasteiger partial charge >= 0.3 is 0 Å². The standard InChI is InChI=1S/C36H39N5O6/c1-21(2)33(44)39-35-38-32-29(34(45)40-35)37-20-41(32)28-18-23(30(42)31(28)43)19-47-36(24-8-6-5-7-9-24,25-12-10-22(3)11-13-25)26-14-16-27(46-4)17-15-26/h5-17,20-21,23,28,30-31,42-43H,18-19H2,1-4H3,(H2,38,39,40,44,45)/t23-,28-,30-,31+,36?/m1/s1. The number of fused-ring (bicyclic) bond motifs is 1. The Morgan fingerprint density at radius 3 is 2.28 bits per heavy atom. The fourth-order valence-corrected chi connectivity index (χ4v) is 6.30. The summed E-state index contributed by atoms with van der Waals surface area (Å²) in [6.45, 7) is 5.59. The first kappa shape index (κ1) is 32.1. The normalized spacial score (nSPS) is 20.7. The largest absolute Gasteiger partial charge is 0.497 e. The van der Waals surface area contributed by atoms with Gasteiger partial charge in [0, 0.05) is 11.8 Å². The first-order valence-electron chi connectivity index (χ1n) is 15.7. The Morgan fingerprint density at radius 2 is 1.64 bits per heavy atom. The van der Waals surface area contributed by atoms with Crippen molar-refractivity contribution in [3.8, 4) is 5.75 Å². The van der Waals surface area contributed by atoms with E-state index in [2.05, 4.69) is 20.3 Å². The zero-order valence-corrected chi connectivity index (χ0v) is 26.8. The highest BCUT2D eigenvalue weighted by Gasteiger charge is 2.46. The molecule has 1 unspecified atom stereocenters. The molecule has 1 aliphatic carbocycles. The fraction of sp³-hybridized carbons (Fsp3) is 0.333. The molecule has 5 atom stereocenters. The van der Waals surface area contributed by atoms with Crippen LogP contribution in [0.3, 0.4) is 0 Å². The van der Waals surface area contributed by atoms with Crippen LogP contribution in [0.5, 0.6) is 5.75 Å². The lowest BCUT2D eigenvalue weighted by Crippen LogP contribution is -2.37. The second-order valence-electron chi connectivity index (χ2n) is 12.4. The molecule has 1 saturated carbocycles. The van der Waals surface area contributed by atoms with Crippen molar-refractivity contribution in [1.29, 1.82) is 0 Å². The van der Waals surface area contributed by atoms with Gasteiger partial charge in [0.25, 0.3) is 5.56 Å². The number of H-pyrrole nitrogens is 1. The third-order valence-corrected chi connectivity index (χ3v) is 8.98. The number of methoxy groups -OCH3 is 1. The van der Waals surface area contributed by atoms with Crippen LogP contribution < -0.4 is 15.6 Å². The molecule has 2 heterocycles. The van der Waals surface area contributed by atoms with Crippen molar-refractivity contribution in [2.75, 3.05) is 19.0 Å². The number of nitrogens with one attached hydrogen (secondary N) is 2. The maximum Gasteiger partial charge on any atom is 0.280 e. The van der Waals surface area contributed by atoms with Crippen molar-refractivity contribution in [2.24, 2.45) is 11.8 Å². The van der Waals surface area contributed by atoms with Crippen LogP contribution in [-0.2, 0) is 15.1 Å². The quantitative estimate of drug-likeness (QED) is 0.165. The molecule has 1 aliphatic rings.